The van der Waals surface area contributed by atoms with E-state index in [1.165, 1.54) is 10.6 Å². The highest BCUT2D eigenvalue weighted by molar-refractivity contribution is 7.77. The van der Waals surface area contributed by atoms with E-state index in [1.807, 2.05) is 24.3 Å². The Morgan fingerprint density at radius 1 is 0.571 bits per heavy atom. The lowest BCUT2D eigenvalue weighted by atomic mass is 10.1. The van der Waals surface area contributed by atoms with Gasteiger partial charge >= 0.3 is 0 Å². The number of hydrogen-bond donors (Lipinski definition) is 0. The van der Waals surface area contributed by atoms with Gasteiger partial charge in [0.15, 0.2) is 0 Å². The van der Waals surface area contributed by atoms with Crippen LogP contribution >= 0.6 is 15.8 Å². The second-order valence-corrected chi connectivity index (χ2v) is 13.8. The average molecular weight is 505 g/mol. The van der Waals surface area contributed by atoms with Gasteiger partial charge in [0.25, 0.3) is 0 Å². The molecule has 0 saturated carbocycles. The van der Waals surface area contributed by atoms with Crippen LogP contribution < -0.4 is 21.2 Å². The van der Waals surface area contributed by atoms with E-state index >= 15 is 0 Å². The molecule has 0 fully saturated rings. The number of benzene rings is 4. The fourth-order valence-electron chi connectivity index (χ4n) is 4.70. The summed E-state index contributed by atoms with van der Waals surface area (Å²) in [5.74, 6) is -0.450. The Kier molecular flexibility index (Phi) is 9.19. The van der Waals surface area contributed by atoms with Crippen LogP contribution in [-0.2, 0) is 0 Å². The van der Waals surface area contributed by atoms with E-state index < -0.39 is 15.8 Å². The van der Waals surface area contributed by atoms with Gasteiger partial charge in [-0.2, -0.15) is 0 Å². The number of unbranched alkanes of at least 4 members (excludes halogenated alkanes) is 1. The van der Waals surface area contributed by atoms with Gasteiger partial charge in [0.1, 0.15) is 11.6 Å². The molecule has 0 radical (unpaired) electrons. The summed E-state index contributed by atoms with van der Waals surface area (Å²) in [4.78, 5) is 0. The van der Waals surface area contributed by atoms with Crippen molar-refractivity contribution < 1.29 is 8.78 Å². The highest BCUT2D eigenvalue weighted by atomic mass is 31.1. The van der Waals surface area contributed by atoms with Gasteiger partial charge < -0.3 is 0 Å². The molecular weight excluding hydrogens is 472 g/mol. The van der Waals surface area contributed by atoms with Crippen molar-refractivity contribution in [3.8, 4) is 0 Å². The van der Waals surface area contributed by atoms with Crippen LogP contribution in [0, 0.1) is 11.6 Å². The summed E-state index contributed by atoms with van der Waals surface area (Å²) in [5.41, 5.74) is 0.745. The largest absolute Gasteiger partial charge is 0.207 e. The van der Waals surface area contributed by atoms with Crippen molar-refractivity contribution in [3.05, 3.63) is 121 Å². The Labute approximate surface area is 210 Å². The second kappa shape index (κ2) is 12.5. The first-order valence-corrected chi connectivity index (χ1v) is 15.1. The molecule has 0 nitrogen and oxygen atoms in total. The van der Waals surface area contributed by atoms with Gasteiger partial charge in [-0.05, 0) is 79.1 Å². The minimum Gasteiger partial charge on any atom is -0.207 e. The molecule has 0 aromatic heterocycles. The van der Waals surface area contributed by atoms with Gasteiger partial charge in [-0.15, -0.1) is 0 Å². The Morgan fingerprint density at radius 2 is 0.971 bits per heavy atom. The van der Waals surface area contributed by atoms with E-state index in [2.05, 4.69) is 74.5 Å². The van der Waals surface area contributed by atoms with Gasteiger partial charge in [-0.3, -0.25) is 0 Å². The van der Waals surface area contributed by atoms with Crippen LogP contribution in [0.15, 0.2) is 109 Å². The van der Waals surface area contributed by atoms with Crippen molar-refractivity contribution in [3.63, 3.8) is 0 Å². The summed E-state index contributed by atoms with van der Waals surface area (Å²) in [6, 6.07) is 35.7. The Morgan fingerprint density at radius 3 is 1.37 bits per heavy atom. The van der Waals surface area contributed by atoms with Gasteiger partial charge in [-0.1, -0.05) is 112 Å². The predicted octanol–water partition coefficient (Wildman–Crippen LogP) is 7.48. The lowest BCUT2D eigenvalue weighted by molar-refractivity contribution is 0.628. The van der Waals surface area contributed by atoms with Gasteiger partial charge in [0.05, 0.1) is 0 Å². The zero-order valence-corrected chi connectivity index (χ0v) is 22.1. The maximum atomic E-state index is 13.9. The Bertz CT molecular complexity index is 1080. The molecule has 35 heavy (non-hydrogen) atoms. The summed E-state index contributed by atoms with van der Waals surface area (Å²) >= 11 is 0. The Balaban J connectivity index is 1.84. The van der Waals surface area contributed by atoms with Gasteiger partial charge in [0, 0.05) is 0 Å². The highest BCUT2D eigenvalue weighted by Gasteiger charge is 2.34. The SMILES string of the molecule is CCCC[C@@H](C(C)P(c1ccccc1)c1ccccc1)P(c1ccc(F)cc1)c1ccc(F)cc1. The smallest absolute Gasteiger partial charge is 0.123 e. The van der Waals surface area contributed by atoms with Crippen molar-refractivity contribution in [2.45, 2.75) is 44.4 Å². The number of halogens is 2. The Hall–Kier alpha value is -2.40. The number of rotatable bonds is 10. The third kappa shape index (κ3) is 6.43. The van der Waals surface area contributed by atoms with Crippen LogP contribution in [0.4, 0.5) is 8.78 Å². The molecular formula is C31H32F2P2. The molecule has 4 heteroatoms. The van der Waals surface area contributed by atoms with E-state index in [0.29, 0.717) is 11.3 Å². The first-order valence-electron chi connectivity index (χ1n) is 12.3. The predicted molar refractivity (Wildman–Crippen MR) is 151 cm³/mol. The molecule has 0 saturated heterocycles. The van der Waals surface area contributed by atoms with Crippen LogP contribution in [0.5, 0.6) is 0 Å². The van der Waals surface area contributed by atoms with E-state index in [9.17, 15) is 8.78 Å². The van der Waals surface area contributed by atoms with Crippen molar-refractivity contribution in [2.24, 2.45) is 0 Å². The molecule has 0 heterocycles. The topological polar surface area (TPSA) is 0 Å². The molecule has 0 aliphatic heterocycles. The summed E-state index contributed by atoms with van der Waals surface area (Å²) < 4.78 is 27.8. The van der Waals surface area contributed by atoms with Crippen molar-refractivity contribution in [1.82, 2.24) is 0 Å². The van der Waals surface area contributed by atoms with Crippen LogP contribution in [-0.4, -0.2) is 11.3 Å². The highest BCUT2D eigenvalue weighted by Crippen LogP contribution is 2.53. The minimum absolute atomic E-state index is 0.225. The molecule has 0 aliphatic carbocycles. The third-order valence-electron chi connectivity index (χ3n) is 6.43. The molecule has 0 aliphatic rings. The van der Waals surface area contributed by atoms with E-state index in [4.69, 9.17) is 0 Å². The van der Waals surface area contributed by atoms with Crippen LogP contribution in [0.1, 0.15) is 33.1 Å². The summed E-state index contributed by atoms with van der Waals surface area (Å²) in [7, 11) is -1.45. The first-order chi connectivity index (χ1) is 17.1. The first kappa shape index (κ1) is 25.7. The van der Waals surface area contributed by atoms with Crippen LogP contribution in [0.25, 0.3) is 0 Å². The molecule has 1 unspecified atom stereocenters. The van der Waals surface area contributed by atoms with E-state index in [0.717, 1.165) is 29.9 Å². The average Bonchev–Trinajstić information content (AvgIpc) is 2.89. The summed E-state index contributed by atoms with van der Waals surface area (Å²) in [6.45, 7) is 4.63. The fourth-order valence-corrected chi connectivity index (χ4v) is 11.1. The van der Waals surface area contributed by atoms with Crippen molar-refractivity contribution >= 4 is 37.1 Å². The van der Waals surface area contributed by atoms with Gasteiger partial charge in [0.2, 0.25) is 0 Å². The summed E-state index contributed by atoms with van der Waals surface area (Å²) in [5, 5.41) is 5.04. The molecule has 0 N–H and O–H groups in total. The summed E-state index contributed by atoms with van der Waals surface area (Å²) in [6.07, 6.45) is 3.33. The van der Waals surface area contributed by atoms with E-state index in [1.54, 1.807) is 24.3 Å². The maximum absolute atomic E-state index is 13.9. The normalized spacial score (nSPS) is 13.2. The zero-order chi connectivity index (χ0) is 24.6. The second-order valence-electron chi connectivity index (χ2n) is 8.81. The molecule has 0 spiro atoms. The molecule has 4 rings (SSSR count). The van der Waals surface area contributed by atoms with Crippen LogP contribution in [0.3, 0.4) is 0 Å². The standard InChI is InChI=1S/C31H32F2P2/c1-3-4-15-31(24(2)34(27-11-7-5-8-12-27)28-13-9-6-10-14-28)35(29-20-16-25(32)17-21-29)30-22-18-26(33)19-23-30/h5-14,16-24,31H,3-4,15H2,1-2H3/t24?,31-/m0/s1. The molecule has 4 aromatic rings. The van der Waals surface area contributed by atoms with E-state index in [-0.39, 0.29) is 11.6 Å². The maximum Gasteiger partial charge on any atom is 0.123 e. The van der Waals surface area contributed by atoms with Gasteiger partial charge in [-0.25, -0.2) is 8.78 Å². The monoisotopic (exact) mass is 504 g/mol. The number of hydrogen-bond acceptors (Lipinski definition) is 0. The quantitative estimate of drug-likeness (QED) is 0.197. The molecule has 4 aromatic carbocycles. The minimum atomic E-state index is -0.820. The third-order valence-corrected chi connectivity index (χ3v) is 12.6. The molecule has 0 amide bonds. The zero-order valence-electron chi connectivity index (χ0n) is 20.3. The molecule has 0 bridgehead atoms. The van der Waals surface area contributed by atoms with Crippen molar-refractivity contribution in [1.29, 1.82) is 0 Å². The molecule has 2 atom stereocenters. The van der Waals surface area contributed by atoms with Crippen molar-refractivity contribution in [2.75, 3.05) is 0 Å². The van der Waals surface area contributed by atoms with Crippen LogP contribution in [0.2, 0.25) is 0 Å². The molecule has 180 valence electrons. The lowest BCUT2D eigenvalue weighted by Gasteiger charge is -2.38. The lowest BCUT2D eigenvalue weighted by Crippen LogP contribution is -2.33. The fraction of sp³-hybridized carbons (Fsp3) is 0.226.